The molecule has 10 heteroatoms. The Morgan fingerprint density at radius 1 is 0.829 bits per heavy atom. The lowest BCUT2D eigenvalue weighted by Crippen LogP contribution is -2.57. The van der Waals surface area contributed by atoms with Gasteiger partial charge in [-0.15, -0.1) is 11.6 Å². The van der Waals surface area contributed by atoms with E-state index in [1.807, 2.05) is 0 Å². The molecule has 6 nitrogen and oxygen atoms in total. The molecule has 0 saturated carbocycles. The van der Waals surface area contributed by atoms with E-state index in [2.05, 4.69) is 0 Å². The fourth-order valence-electron chi connectivity index (χ4n) is 3.80. The lowest BCUT2D eigenvalue weighted by Gasteiger charge is -2.36. The van der Waals surface area contributed by atoms with Crippen LogP contribution in [0.25, 0.3) is 0 Å². The minimum atomic E-state index is -1.30. The SMILES string of the molecule is O=C(c1ccc(Cl)cc1)[C@@H](CCCl)N(C(=O)c1ccc(Cl)cc1Cl)N1C(=O)c2ccccc2C1=O. The maximum absolute atomic E-state index is 13.8. The van der Waals surface area contributed by atoms with Crippen molar-refractivity contribution in [2.24, 2.45) is 0 Å². The summed E-state index contributed by atoms with van der Waals surface area (Å²) >= 11 is 24.2. The van der Waals surface area contributed by atoms with Crippen LogP contribution in [-0.4, -0.2) is 45.4 Å². The highest BCUT2D eigenvalue weighted by Gasteiger charge is 2.46. The first kappa shape index (κ1) is 25.2. The van der Waals surface area contributed by atoms with Crippen LogP contribution in [0.2, 0.25) is 15.1 Å². The van der Waals surface area contributed by atoms with Gasteiger partial charge < -0.3 is 0 Å². The number of ketones is 1. The molecule has 0 radical (unpaired) electrons. The largest absolute Gasteiger partial charge is 0.292 e. The predicted octanol–water partition coefficient (Wildman–Crippen LogP) is 6.18. The second kappa shape index (κ2) is 10.4. The molecule has 0 aliphatic carbocycles. The van der Waals surface area contributed by atoms with Gasteiger partial charge in [-0.1, -0.05) is 46.9 Å². The van der Waals surface area contributed by atoms with Gasteiger partial charge in [-0.3, -0.25) is 19.2 Å². The van der Waals surface area contributed by atoms with E-state index in [1.54, 1.807) is 12.1 Å². The van der Waals surface area contributed by atoms with Crippen LogP contribution in [0.5, 0.6) is 0 Å². The van der Waals surface area contributed by atoms with Gasteiger partial charge in [0.2, 0.25) is 0 Å². The summed E-state index contributed by atoms with van der Waals surface area (Å²) in [5.41, 5.74) is 0.402. The maximum atomic E-state index is 13.8. The number of hydrazine groups is 1. The van der Waals surface area contributed by atoms with Crippen LogP contribution in [0, 0.1) is 0 Å². The zero-order chi connectivity index (χ0) is 25.3. The molecule has 1 atom stereocenters. The van der Waals surface area contributed by atoms with E-state index < -0.39 is 29.5 Å². The normalized spacial score (nSPS) is 13.5. The zero-order valence-electron chi connectivity index (χ0n) is 17.9. The Bertz CT molecular complexity index is 1310. The van der Waals surface area contributed by atoms with Crippen molar-refractivity contribution in [2.45, 2.75) is 12.5 Å². The van der Waals surface area contributed by atoms with Crippen molar-refractivity contribution in [1.29, 1.82) is 0 Å². The predicted molar refractivity (Wildman–Crippen MR) is 134 cm³/mol. The molecule has 178 valence electrons. The highest BCUT2D eigenvalue weighted by Crippen LogP contribution is 2.31. The molecule has 0 unspecified atom stereocenters. The summed E-state index contributed by atoms with van der Waals surface area (Å²) in [4.78, 5) is 54.1. The number of Topliss-reactive ketones (excluding diaryl/α,β-unsaturated/α-hetero) is 1. The van der Waals surface area contributed by atoms with Gasteiger partial charge in [-0.05, 0) is 61.0 Å². The summed E-state index contributed by atoms with van der Waals surface area (Å²) in [6.07, 6.45) is -0.0482. The molecule has 4 rings (SSSR count). The summed E-state index contributed by atoms with van der Waals surface area (Å²) in [5.74, 6) is -2.89. The Morgan fingerprint density at radius 2 is 1.40 bits per heavy atom. The van der Waals surface area contributed by atoms with E-state index in [-0.39, 0.29) is 44.6 Å². The molecule has 0 bridgehead atoms. The van der Waals surface area contributed by atoms with Crippen LogP contribution >= 0.6 is 46.4 Å². The molecular weight excluding hydrogens is 534 g/mol. The summed E-state index contributed by atoms with van der Waals surface area (Å²) < 4.78 is 0. The van der Waals surface area contributed by atoms with Gasteiger partial charge in [-0.2, -0.15) is 5.01 Å². The van der Waals surface area contributed by atoms with Crippen molar-refractivity contribution in [1.82, 2.24) is 10.0 Å². The number of imide groups is 1. The Kier molecular flexibility index (Phi) is 7.47. The third-order valence-corrected chi connectivity index (χ3v) is 6.48. The first-order valence-electron chi connectivity index (χ1n) is 10.4. The van der Waals surface area contributed by atoms with E-state index in [9.17, 15) is 19.2 Å². The topological polar surface area (TPSA) is 74.8 Å². The molecule has 0 N–H and O–H groups in total. The molecule has 0 saturated heterocycles. The smallest absolute Gasteiger partial charge is 0.280 e. The van der Waals surface area contributed by atoms with E-state index >= 15 is 0 Å². The average Bonchev–Trinajstić information content (AvgIpc) is 3.09. The Balaban J connectivity index is 1.87. The van der Waals surface area contributed by atoms with E-state index in [4.69, 9.17) is 46.4 Å². The second-order valence-electron chi connectivity index (χ2n) is 7.61. The van der Waals surface area contributed by atoms with Crippen molar-refractivity contribution in [3.05, 3.63) is 104 Å². The number of hydrogen-bond acceptors (Lipinski definition) is 4. The van der Waals surface area contributed by atoms with Crippen molar-refractivity contribution in [3.63, 3.8) is 0 Å². The van der Waals surface area contributed by atoms with Crippen LogP contribution < -0.4 is 0 Å². The Morgan fingerprint density at radius 3 is 1.94 bits per heavy atom. The molecule has 0 fully saturated rings. The number of benzene rings is 3. The third kappa shape index (κ3) is 4.80. The number of rotatable bonds is 7. The molecule has 1 aliphatic rings. The van der Waals surface area contributed by atoms with Crippen molar-refractivity contribution in [2.75, 3.05) is 5.88 Å². The Hall–Kier alpha value is -2.90. The van der Waals surface area contributed by atoms with Crippen molar-refractivity contribution < 1.29 is 19.2 Å². The van der Waals surface area contributed by atoms with E-state index in [0.717, 1.165) is 5.01 Å². The number of hydrogen-bond donors (Lipinski definition) is 0. The first-order chi connectivity index (χ1) is 16.7. The maximum Gasteiger partial charge on any atom is 0.280 e. The van der Waals surface area contributed by atoms with Gasteiger partial charge >= 0.3 is 0 Å². The van der Waals surface area contributed by atoms with Crippen molar-refractivity contribution in [3.8, 4) is 0 Å². The van der Waals surface area contributed by atoms with Gasteiger partial charge in [0.1, 0.15) is 6.04 Å². The number of amides is 3. The standard InChI is InChI=1S/C25H16Cl4N2O4/c26-12-11-21(22(32)14-5-7-15(27)8-6-14)30(25(35)19-10-9-16(28)13-20(19)29)31-23(33)17-3-1-2-4-18(17)24(31)34/h1-10,13,21H,11-12H2/t21-/m1/s1. The summed E-state index contributed by atoms with van der Waals surface area (Å²) in [7, 11) is 0. The van der Waals surface area contributed by atoms with Gasteiger partial charge in [0.15, 0.2) is 5.78 Å². The minimum absolute atomic E-state index is 0.00678. The molecule has 35 heavy (non-hydrogen) atoms. The number of nitrogens with zero attached hydrogens (tertiary/aromatic N) is 2. The molecular formula is C25H16Cl4N2O4. The lowest BCUT2D eigenvalue weighted by atomic mass is 10.0. The Labute approximate surface area is 220 Å². The number of alkyl halides is 1. The van der Waals surface area contributed by atoms with Gasteiger partial charge in [-0.25, -0.2) is 5.01 Å². The molecule has 3 aromatic carbocycles. The molecule has 1 aliphatic heterocycles. The zero-order valence-corrected chi connectivity index (χ0v) is 20.9. The van der Waals surface area contributed by atoms with Gasteiger partial charge in [0, 0.05) is 21.5 Å². The summed E-state index contributed by atoms with van der Waals surface area (Å²) in [6, 6.07) is 15.1. The molecule has 0 aromatic heterocycles. The van der Waals surface area contributed by atoms with E-state index in [0.29, 0.717) is 10.0 Å². The molecule has 0 spiro atoms. The molecule has 1 heterocycles. The monoisotopic (exact) mass is 548 g/mol. The van der Waals surface area contributed by atoms with Crippen LogP contribution in [0.3, 0.4) is 0 Å². The van der Waals surface area contributed by atoms with Crippen molar-refractivity contribution >= 4 is 69.9 Å². The number of fused-ring (bicyclic) bond motifs is 1. The van der Waals surface area contributed by atoms with Crippen LogP contribution in [-0.2, 0) is 0 Å². The highest BCUT2D eigenvalue weighted by atomic mass is 35.5. The van der Waals surface area contributed by atoms with Crippen LogP contribution in [0.15, 0.2) is 66.7 Å². The lowest BCUT2D eigenvalue weighted by molar-refractivity contribution is -0.00960. The highest BCUT2D eigenvalue weighted by molar-refractivity contribution is 6.37. The van der Waals surface area contributed by atoms with Crippen LogP contribution in [0.1, 0.15) is 47.9 Å². The fraction of sp³-hybridized carbons (Fsp3) is 0.120. The first-order valence-corrected chi connectivity index (χ1v) is 12.0. The summed E-state index contributed by atoms with van der Waals surface area (Å²) in [5, 5.41) is 2.22. The fourth-order valence-corrected chi connectivity index (χ4v) is 4.63. The minimum Gasteiger partial charge on any atom is -0.292 e. The van der Waals surface area contributed by atoms with Crippen LogP contribution in [0.4, 0.5) is 0 Å². The van der Waals surface area contributed by atoms with Gasteiger partial charge in [0.05, 0.1) is 21.7 Å². The average molecular weight is 550 g/mol. The quantitative estimate of drug-likeness (QED) is 0.200. The molecule has 3 aromatic rings. The summed E-state index contributed by atoms with van der Waals surface area (Å²) in [6.45, 7) is 0. The van der Waals surface area contributed by atoms with E-state index in [1.165, 1.54) is 54.6 Å². The second-order valence-corrected chi connectivity index (χ2v) is 9.26. The number of halogens is 4. The number of carbonyl (C=O) groups is 4. The molecule has 3 amide bonds. The number of carbonyl (C=O) groups excluding carboxylic acids is 4. The third-order valence-electron chi connectivity index (χ3n) is 5.47. The van der Waals surface area contributed by atoms with Gasteiger partial charge in [0.25, 0.3) is 17.7 Å².